The molecule has 0 bridgehead atoms. The SMILES string of the molecule is CCCCNCC(=O)O. The number of carboxylic acids is 1. The lowest BCUT2D eigenvalue weighted by atomic mass is 10.3. The molecular formula is C6H13NO2. The molecule has 3 nitrogen and oxygen atoms in total. The van der Waals surface area contributed by atoms with Crippen LogP contribution < -0.4 is 5.32 Å². The Balaban J connectivity index is 2.83. The lowest BCUT2D eigenvalue weighted by Gasteiger charge is -1.96. The molecule has 0 aromatic rings. The highest BCUT2D eigenvalue weighted by molar-refractivity contribution is 5.68. The first-order chi connectivity index (χ1) is 4.27. The van der Waals surface area contributed by atoms with E-state index < -0.39 is 5.97 Å². The van der Waals surface area contributed by atoms with Gasteiger partial charge in [0.15, 0.2) is 0 Å². The van der Waals surface area contributed by atoms with Crippen LogP contribution in [0.3, 0.4) is 0 Å². The molecule has 0 fully saturated rings. The molecule has 0 aromatic heterocycles. The van der Waals surface area contributed by atoms with Crippen LogP contribution >= 0.6 is 0 Å². The first-order valence-electron chi connectivity index (χ1n) is 3.20. The second-order valence-electron chi connectivity index (χ2n) is 1.92. The van der Waals surface area contributed by atoms with Crippen LogP contribution in [0.15, 0.2) is 0 Å². The van der Waals surface area contributed by atoms with Gasteiger partial charge < -0.3 is 10.4 Å². The van der Waals surface area contributed by atoms with Crippen LogP contribution in [0.1, 0.15) is 19.8 Å². The van der Waals surface area contributed by atoms with Crippen molar-refractivity contribution >= 4 is 5.97 Å². The van der Waals surface area contributed by atoms with E-state index >= 15 is 0 Å². The normalized spacial score (nSPS) is 9.44. The molecule has 0 spiro atoms. The molecule has 2 N–H and O–H groups in total. The van der Waals surface area contributed by atoms with E-state index in [1.54, 1.807) is 0 Å². The molecule has 9 heavy (non-hydrogen) atoms. The Bertz CT molecular complexity index is 83.1. The summed E-state index contributed by atoms with van der Waals surface area (Å²) in [5, 5.41) is 10.9. The summed E-state index contributed by atoms with van der Waals surface area (Å²) < 4.78 is 0. The molecule has 0 aliphatic heterocycles. The fourth-order valence-electron chi connectivity index (χ4n) is 0.497. The number of aliphatic carboxylic acids is 1. The fraction of sp³-hybridized carbons (Fsp3) is 0.833. The third kappa shape index (κ3) is 7.43. The molecule has 0 amide bonds. The van der Waals surface area contributed by atoms with Crippen LogP contribution in [0, 0.1) is 0 Å². The summed E-state index contributed by atoms with van der Waals surface area (Å²) >= 11 is 0. The van der Waals surface area contributed by atoms with Gasteiger partial charge in [-0.25, -0.2) is 0 Å². The molecule has 0 saturated heterocycles. The van der Waals surface area contributed by atoms with Crippen molar-refractivity contribution in [2.45, 2.75) is 19.8 Å². The van der Waals surface area contributed by atoms with Gasteiger partial charge in [-0.1, -0.05) is 13.3 Å². The van der Waals surface area contributed by atoms with Crippen molar-refractivity contribution in [2.24, 2.45) is 0 Å². The number of unbranched alkanes of at least 4 members (excludes halogenated alkanes) is 1. The summed E-state index contributed by atoms with van der Waals surface area (Å²) in [5.41, 5.74) is 0. The van der Waals surface area contributed by atoms with Gasteiger partial charge in [0.05, 0.1) is 6.54 Å². The average molecular weight is 131 g/mol. The average Bonchev–Trinajstić information content (AvgIpc) is 1.80. The summed E-state index contributed by atoms with van der Waals surface area (Å²) in [7, 11) is 0. The van der Waals surface area contributed by atoms with Crippen molar-refractivity contribution in [3.05, 3.63) is 0 Å². The first-order valence-corrected chi connectivity index (χ1v) is 3.20. The zero-order valence-electron chi connectivity index (χ0n) is 5.68. The van der Waals surface area contributed by atoms with Crippen LogP contribution in [0.2, 0.25) is 0 Å². The van der Waals surface area contributed by atoms with E-state index in [0.29, 0.717) is 0 Å². The number of nitrogens with one attached hydrogen (secondary N) is 1. The summed E-state index contributed by atoms with van der Waals surface area (Å²) in [6.45, 7) is 2.96. The molecule has 0 atom stereocenters. The van der Waals surface area contributed by atoms with Crippen LogP contribution in [0.5, 0.6) is 0 Å². The Morgan fingerprint density at radius 3 is 2.78 bits per heavy atom. The van der Waals surface area contributed by atoms with E-state index in [4.69, 9.17) is 5.11 Å². The predicted molar refractivity (Wildman–Crippen MR) is 35.4 cm³/mol. The second-order valence-corrected chi connectivity index (χ2v) is 1.92. The fourth-order valence-corrected chi connectivity index (χ4v) is 0.497. The Labute approximate surface area is 55.1 Å². The van der Waals surface area contributed by atoms with Gasteiger partial charge in [0, 0.05) is 0 Å². The molecule has 0 aliphatic rings. The van der Waals surface area contributed by atoms with Crippen molar-refractivity contribution in [1.29, 1.82) is 0 Å². The van der Waals surface area contributed by atoms with Gasteiger partial charge >= 0.3 is 5.97 Å². The van der Waals surface area contributed by atoms with E-state index in [-0.39, 0.29) is 6.54 Å². The molecule has 3 heteroatoms. The summed E-state index contributed by atoms with van der Waals surface area (Å²) in [6, 6.07) is 0. The Morgan fingerprint density at radius 2 is 2.33 bits per heavy atom. The molecule has 0 saturated carbocycles. The third-order valence-electron chi connectivity index (χ3n) is 0.983. The van der Waals surface area contributed by atoms with E-state index in [2.05, 4.69) is 12.2 Å². The number of hydrogen-bond acceptors (Lipinski definition) is 2. The Morgan fingerprint density at radius 1 is 1.67 bits per heavy atom. The second kappa shape index (κ2) is 5.56. The minimum absolute atomic E-state index is 0.0833. The zero-order valence-corrected chi connectivity index (χ0v) is 5.68. The van der Waals surface area contributed by atoms with Crippen molar-refractivity contribution in [3.8, 4) is 0 Å². The lowest BCUT2D eigenvalue weighted by molar-refractivity contribution is -0.135. The lowest BCUT2D eigenvalue weighted by Crippen LogP contribution is -2.23. The number of rotatable bonds is 5. The number of hydrogen-bond donors (Lipinski definition) is 2. The smallest absolute Gasteiger partial charge is 0.317 e. The van der Waals surface area contributed by atoms with Crippen molar-refractivity contribution < 1.29 is 9.90 Å². The van der Waals surface area contributed by atoms with Crippen molar-refractivity contribution in [2.75, 3.05) is 13.1 Å². The monoisotopic (exact) mass is 131 g/mol. The van der Waals surface area contributed by atoms with Gasteiger partial charge in [0.2, 0.25) is 0 Å². The van der Waals surface area contributed by atoms with Gasteiger partial charge in [0.1, 0.15) is 0 Å². The number of carboxylic acid groups (broad SMARTS) is 1. The van der Waals surface area contributed by atoms with Crippen LogP contribution in [-0.2, 0) is 4.79 Å². The van der Waals surface area contributed by atoms with Crippen LogP contribution in [0.4, 0.5) is 0 Å². The maximum atomic E-state index is 9.90. The highest BCUT2D eigenvalue weighted by Crippen LogP contribution is 1.80. The molecule has 0 unspecified atom stereocenters. The van der Waals surface area contributed by atoms with Crippen LogP contribution in [-0.4, -0.2) is 24.2 Å². The minimum atomic E-state index is -0.786. The highest BCUT2D eigenvalue weighted by atomic mass is 16.4. The largest absolute Gasteiger partial charge is 0.480 e. The van der Waals surface area contributed by atoms with E-state index in [1.165, 1.54) is 0 Å². The molecule has 54 valence electrons. The van der Waals surface area contributed by atoms with Gasteiger partial charge in [-0.15, -0.1) is 0 Å². The Kier molecular flexibility index (Phi) is 5.21. The molecule has 0 aromatic carbocycles. The zero-order chi connectivity index (χ0) is 7.11. The summed E-state index contributed by atoms with van der Waals surface area (Å²) in [4.78, 5) is 9.90. The molecule has 0 rings (SSSR count). The maximum absolute atomic E-state index is 9.90. The van der Waals surface area contributed by atoms with Gasteiger partial charge in [-0.2, -0.15) is 0 Å². The van der Waals surface area contributed by atoms with Crippen molar-refractivity contribution in [3.63, 3.8) is 0 Å². The topological polar surface area (TPSA) is 49.3 Å². The maximum Gasteiger partial charge on any atom is 0.317 e. The van der Waals surface area contributed by atoms with Gasteiger partial charge in [-0.05, 0) is 13.0 Å². The predicted octanol–water partition coefficient (Wildman–Crippen LogP) is 0.461. The quantitative estimate of drug-likeness (QED) is 0.533. The van der Waals surface area contributed by atoms with Crippen LogP contribution in [0.25, 0.3) is 0 Å². The van der Waals surface area contributed by atoms with E-state index in [0.717, 1.165) is 19.4 Å². The summed E-state index contributed by atoms with van der Waals surface area (Å²) in [6.07, 6.45) is 2.15. The van der Waals surface area contributed by atoms with Crippen molar-refractivity contribution in [1.82, 2.24) is 5.32 Å². The third-order valence-corrected chi connectivity index (χ3v) is 0.983. The molecular weight excluding hydrogens is 118 g/mol. The van der Waals surface area contributed by atoms with Gasteiger partial charge in [0.25, 0.3) is 0 Å². The summed E-state index contributed by atoms with van der Waals surface area (Å²) in [5.74, 6) is -0.786. The molecule has 0 radical (unpaired) electrons. The van der Waals surface area contributed by atoms with E-state index in [1.807, 2.05) is 0 Å². The standard InChI is InChI=1S/C6H13NO2/c1-2-3-4-7-5-6(8)9/h7H,2-5H2,1H3,(H,8,9). The number of carbonyl (C=O) groups is 1. The Hall–Kier alpha value is -0.570. The molecule has 0 heterocycles. The first kappa shape index (κ1) is 8.43. The van der Waals surface area contributed by atoms with E-state index in [9.17, 15) is 4.79 Å². The molecule has 0 aliphatic carbocycles. The minimum Gasteiger partial charge on any atom is -0.480 e. The highest BCUT2D eigenvalue weighted by Gasteiger charge is 1.91. The van der Waals surface area contributed by atoms with Gasteiger partial charge in [-0.3, -0.25) is 4.79 Å².